The van der Waals surface area contributed by atoms with E-state index in [0.717, 1.165) is 12.4 Å². The Kier molecular flexibility index (Phi) is 4.01. The number of nitrogens with one attached hydrogen (secondary N) is 1. The number of pyridine rings is 1. The summed E-state index contributed by atoms with van der Waals surface area (Å²) in [7, 11) is 0. The van der Waals surface area contributed by atoms with E-state index in [1.165, 1.54) is 12.3 Å². The van der Waals surface area contributed by atoms with Crippen LogP contribution in [0.25, 0.3) is 0 Å². The molecule has 96 valence electrons. The summed E-state index contributed by atoms with van der Waals surface area (Å²) in [4.78, 5) is 8.31. The first-order valence-corrected chi connectivity index (χ1v) is 5.82. The lowest BCUT2D eigenvalue weighted by atomic mass is 10.1. The van der Waals surface area contributed by atoms with E-state index in [2.05, 4.69) is 15.4 Å². The summed E-state index contributed by atoms with van der Waals surface area (Å²) in [6.45, 7) is 2.90. The average Bonchev–Trinajstić information content (AvgIpc) is 2.84. The summed E-state index contributed by atoms with van der Waals surface area (Å²) in [6, 6.07) is 2.82. The number of aryl methyl sites for hydroxylation is 1. The Morgan fingerprint density at radius 1 is 1.44 bits per heavy atom. The third kappa shape index (κ3) is 2.72. The van der Waals surface area contributed by atoms with Crippen LogP contribution in [0.3, 0.4) is 0 Å². The van der Waals surface area contributed by atoms with Crippen molar-refractivity contribution in [2.24, 2.45) is 5.84 Å². The minimum atomic E-state index is -0.357. The van der Waals surface area contributed by atoms with Crippen LogP contribution < -0.4 is 11.3 Å². The lowest BCUT2D eigenvalue weighted by molar-refractivity contribution is 0.509. The third-order valence-electron chi connectivity index (χ3n) is 2.84. The number of imidazole rings is 1. The van der Waals surface area contributed by atoms with Gasteiger partial charge in [0.25, 0.3) is 0 Å². The summed E-state index contributed by atoms with van der Waals surface area (Å²) >= 11 is 0. The molecule has 1 unspecified atom stereocenters. The molecule has 0 saturated heterocycles. The number of nitrogens with zero attached hydrogens (tertiary/aromatic N) is 3. The van der Waals surface area contributed by atoms with Gasteiger partial charge in [-0.15, -0.1) is 0 Å². The highest BCUT2D eigenvalue weighted by atomic mass is 19.1. The molecule has 5 nitrogen and oxygen atoms in total. The molecule has 0 aliphatic rings. The predicted octanol–water partition coefficient (Wildman–Crippen LogP) is 1.18. The zero-order valence-electron chi connectivity index (χ0n) is 10.2. The highest BCUT2D eigenvalue weighted by Gasteiger charge is 2.14. The number of halogens is 1. The molecular formula is C12H16FN5. The Labute approximate surface area is 105 Å². The number of hydrazine groups is 1. The highest BCUT2D eigenvalue weighted by molar-refractivity contribution is 5.12. The predicted molar refractivity (Wildman–Crippen MR) is 65.9 cm³/mol. The first-order chi connectivity index (χ1) is 8.74. The molecule has 0 amide bonds. The van der Waals surface area contributed by atoms with Gasteiger partial charge in [0.1, 0.15) is 11.6 Å². The fourth-order valence-corrected chi connectivity index (χ4v) is 1.84. The maximum atomic E-state index is 12.8. The van der Waals surface area contributed by atoms with Crippen LogP contribution in [0.15, 0.2) is 30.7 Å². The van der Waals surface area contributed by atoms with Crippen LogP contribution in [0.5, 0.6) is 0 Å². The van der Waals surface area contributed by atoms with Gasteiger partial charge in [-0.3, -0.25) is 16.3 Å². The van der Waals surface area contributed by atoms with Gasteiger partial charge in [-0.05, 0) is 19.1 Å². The SMILES string of the molecule is CCn1ccnc1CC(NN)c1ccc(F)cn1. The van der Waals surface area contributed by atoms with Gasteiger partial charge >= 0.3 is 0 Å². The van der Waals surface area contributed by atoms with Crippen molar-refractivity contribution in [1.82, 2.24) is 20.0 Å². The minimum absolute atomic E-state index is 0.182. The zero-order chi connectivity index (χ0) is 13.0. The van der Waals surface area contributed by atoms with Crippen LogP contribution >= 0.6 is 0 Å². The van der Waals surface area contributed by atoms with E-state index in [9.17, 15) is 4.39 Å². The fraction of sp³-hybridized carbons (Fsp3) is 0.333. The van der Waals surface area contributed by atoms with Crippen molar-refractivity contribution < 1.29 is 4.39 Å². The minimum Gasteiger partial charge on any atom is -0.335 e. The van der Waals surface area contributed by atoms with Crippen molar-refractivity contribution in [2.75, 3.05) is 0 Å². The topological polar surface area (TPSA) is 68.8 Å². The maximum absolute atomic E-state index is 12.8. The maximum Gasteiger partial charge on any atom is 0.141 e. The van der Waals surface area contributed by atoms with Crippen LogP contribution in [-0.2, 0) is 13.0 Å². The van der Waals surface area contributed by atoms with Gasteiger partial charge in [0.2, 0.25) is 0 Å². The molecule has 2 rings (SSSR count). The number of aromatic nitrogens is 3. The summed E-state index contributed by atoms with van der Waals surface area (Å²) in [5.41, 5.74) is 3.39. The van der Waals surface area contributed by atoms with Gasteiger partial charge in [-0.25, -0.2) is 9.37 Å². The molecule has 18 heavy (non-hydrogen) atoms. The van der Waals surface area contributed by atoms with Gasteiger partial charge in [0, 0.05) is 25.4 Å². The summed E-state index contributed by atoms with van der Waals surface area (Å²) in [6.07, 6.45) is 5.47. The van der Waals surface area contributed by atoms with Crippen molar-refractivity contribution in [3.63, 3.8) is 0 Å². The van der Waals surface area contributed by atoms with E-state index in [4.69, 9.17) is 5.84 Å². The quantitative estimate of drug-likeness (QED) is 0.617. The summed E-state index contributed by atoms with van der Waals surface area (Å²) in [5.74, 6) is 6.10. The van der Waals surface area contributed by atoms with E-state index in [1.54, 1.807) is 12.3 Å². The van der Waals surface area contributed by atoms with Gasteiger partial charge in [-0.1, -0.05) is 0 Å². The molecule has 0 saturated carbocycles. The first-order valence-electron chi connectivity index (χ1n) is 5.82. The Bertz CT molecular complexity index is 493. The molecule has 1 atom stereocenters. The van der Waals surface area contributed by atoms with Crippen LogP contribution in [-0.4, -0.2) is 14.5 Å². The van der Waals surface area contributed by atoms with Gasteiger partial charge in [0.15, 0.2) is 0 Å². The second-order valence-electron chi connectivity index (χ2n) is 3.95. The zero-order valence-corrected chi connectivity index (χ0v) is 10.2. The number of rotatable bonds is 5. The second kappa shape index (κ2) is 5.70. The Hall–Kier alpha value is -1.79. The molecule has 0 spiro atoms. The van der Waals surface area contributed by atoms with Gasteiger partial charge in [0.05, 0.1) is 17.9 Å². The van der Waals surface area contributed by atoms with Crippen molar-refractivity contribution in [2.45, 2.75) is 25.9 Å². The van der Waals surface area contributed by atoms with Crippen LogP contribution in [0.2, 0.25) is 0 Å². The summed E-state index contributed by atoms with van der Waals surface area (Å²) < 4.78 is 14.9. The molecule has 0 fully saturated rings. The standard InChI is InChI=1S/C12H16FN5/c1-2-18-6-5-15-12(18)7-11(17-14)10-4-3-9(13)8-16-10/h3-6,8,11,17H,2,7,14H2,1H3. The fourth-order valence-electron chi connectivity index (χ4n) is 1.84. The van der Waals surface area contributed by atoms with Gasteiger partial charge in [-0.2, -0.15) is 0 Å². The third-order valence-corrected chi connectivity index (χ3v) is 2.84. The average molecular weight is 249 g/mol. The molecule has 2 aromatic rings. The monoisotopic (exact) mass is 249 g/mol. The molecule has 0 radical (unpaired) electrons. The lowest BCUT2D eigenvalue weighted by Gasteiger charge is -2.15. The molecule has 2 aromatic heterocycles. The Morgan fingerprint density at radius 2 is 2.28 bits per heavy atom. The molecule has 0 aliphatic heterocycles. The normalized spacial score (nSPS) is 12.6. The van der Waals surface area contributed by atoms with Gasteiger partial charge < -0.3 is 4.57 Å². The first kappa shape index (κ1) is 12.7. The molecule has 0 aliphatic carbocycles. The van der Waals surface area contributed by atoms with E-state index >= 15 is 0 Å². The largest absolute Gasteiger partial charge is 0.335 e. The smallest absolute Gasteiger partial charge is 0.141 e. The molecule has 3 N–H and O–H groups in total. The molecule has 6 heteroatoms. The summed E-state index contributed by atoms with van der Waals surface area (Å²) in [5, 5.41) is 0. The second-order valence-corrected chi connectivity index (χ2v) is 3.95. The Balaban J connectivity index is 2.17. The number of hydrogen-bond acceptors (Lipinski definition) is 4. The molecule has 2 heterocycles. The number of hydrogen-bond donors (Lipinski definition) is 2. The van der Waals surface area contributed by atoms with E-state index < -0.39 is 0 Å². The number of nitrogens with two attached hydrogens (primary N) is 1. The molecule has 0 aromatic carbocycles. The van der Waals surface area contributed by atoms with E-state index in [0.29, 0.717) is 12.1 Å². The van der Waals surface area contributed by atoms with E-state index in [-0.39, 0.29) is 11.9 Å². The van der Waals surface area contributed by atoms with Crippen molar-refractivity contribution in [3.05, 3.63) is 48.1 Å². The Morgan fingerprint density at radius 3 is 2.89 bits per heavy atom. The lowest BCUT2D eigenvalue weighted by Crippen LogP contribution is -2.31. The molecular weight excluding hydrogens is 233 g/mol. The highest BCUT2D eigenvalue weighted by Crippen LogP contribution is 2.15. The van der Waals surface area contributed by atoms with Crippen LogP contribution in [0, 0.1) is 5.82 Å². The van der Waals surface area contributed by atoms with Crippen molar-refractivity contribution in [1.29, 1.82) is 0 Å². The van der Waals surface area contributed by atoms with E-state index in [1.807, 2.05) is 17.7 Å². The van der Waals surface area contributed by atoms with Crippen LogP contribution in [0.1, 0.15) is 24.5 Å². The molecule has 0 bridgehead atoms. The van der Waals surface area contributed by atoms with Crippen LogP contribution in [0.4, 0.5) is 4.39 Å². The van der Waals surface area contributed by atoms with Crippen molar-refractivity contribution >= 4 is 0 Å². The van der Waals surface area contributed by atoms with Crippen molar-refractivity contribution in [3.8, 4) is 0 Å².